The maximum absolute atomic E-state index is 6.06. The molecule has 0 amide bonds. The predicted octanol–water partition coefficient (Wildman–Crippen LogP) is 0.892. The van der Waals surface area contributed by atoms with Crippen LogP contribution in [0.1, 0.15) is 32.6 Å². The van der Waals surface area contributed by atoms with Crippen LogP contribution in [0.15, 0.2) is 0 Å². The highest BCUT2D eigenvalue weighted by Gasteiger charge is 2.40. The maximum Gasteiger partial charge on any atom is 0.0255 e. The van der Waals surface area contributed by atoms with Crippen LogP contribution in [-0.4, -0.2) is 54.1 Å². The molecule has 0 aliphatic carbocycles. The van der Waals surface area contributed by atoms with Crippen LogP contribution in [0.25, 0.3) is 0 Å². The number of nitrogens with two attached hydrogens (primary N) is 1. The van der Waals surface area contributed by atoms with Crippen LogP contribution in [0.2, 0.25) is 0 Å². The first-order valence-electron chi connectivity index (χ1n) is 6.97. The van der Waals surface area contributed by atoms with Crippen LogP contribution in [-0.2, 0) is 0 Å². The zero-order valence-corrected chi connectivity index (χ0v) is 10.4. The van der Waals surface area contributed by atoms with Gasteiger partial charge >= 0.3 is 0 Å². The lowest BCUT2D eigenvalue weighted by atomic mass is 9.81. The van der Waals surface area contributed by atoms with E-state index >= 15 is 0 Å². The van der Waals surface area contributed by atoms with Crippen molar-refractivity contribution in [2.75, 3.05) is 26.2 Å². The molecular formula is C13H25N3. The first kappa shape index (κ1) is 11.0. The smallest absolute Gasteiger partial charge is 0.0255 e. The van der Waals surface area contributed by atoms with E-state index in [1.54, 1.807) is 0 Å². The molecule has 0 radical (unpaired) electrons. The molecule has 4 fully saturated rings. The summed E-state index contributed by atoms with van der Waals surface area (Å²) in [6.45, 7) is 7.63. The Morgan fingerprint density at radius 2 is 1.81 bits per heavy atom. The fourth-order valence-corrected chi connectivity index (χ4v) is 4.03. The van der Waals surface area contributed by atoms with Crippen LogP contribution >= 0.6 is 0 Å². The van der Waals surface area contributed by atoms with E-state index in [2.05, 4.69) is 16.7 Å². The van der Waals surface area contributed by atoms with Crippen molar-refractivity contribution >= 4 is 0 Å². The highest BCUT2D eigenvalue weighted by molar-refractivity contribution is 4.95. The molecule has 4 aliphatic rings. The third-order valence-corrected chi connectivity index (χ3v) is 5.02. The topological polar surface area (TPSA) is 32.5 Å². The van der Waals surface area contributed by atoms with E-state index in [4.69, 9.17) is 5.73 Å². The number of likely N-dealkylation sites (tertiary alicyclic amines) is 1. The second kappa shape index (κ2) is 4.28. The van der Waals surface area contributed by atoms with Gasteiger partial charge < -0.3 is 10.6 Å². The molecule has 0 aromatic carbocycles. The lowest BCUT2D eigenvalue weighted by Crippen LogP contribution is -2.61. The van der Waals surface area contributed by atoms with Gasteiger partial charge in [0.2, 0.25) is 0 Å². The number of hydrogen-bond acceptors (Lipinski definition) is 3. The minimum atomic E-state index is 0.451. The fraction of sp³-hybridized carbons (Fsp3) is 1.00. The predicted molar refractivity (Wildman–Crippen MR) is 66.3 cm³/mol. The highest BCUT2D eigenvalue weighted by atomic mass is 15.3. The van der Waals surface area contributed by atoms with Gasteiger partial charge in [0.05, 0.1) is 0 Å². The van der Waals surface area contributed by atoms with Gasteiger partial charge in [-0.05, 0) is 51.6 Å². The molecule has 3 atom stereocenters. The Bertz CT molecular complexity index is 248. The van der Waals surface area contributed by atoms with E-state index in [0.717, 1.165) is 12.0 Å². The van der Waals surface area contributed by atoms with Gasteiger partial charge in [-0.2, -0.15) is 0 Å². The number of fused-ring (bicyclic) bond motifs is 3. The molecule has 4 rings (SSSR count). The van der Waals surface area contributed by atoms with E-state index in [1.165, 1.54) is 51.9 Å². The lowest BCUT2D eigenvalue weighted by molar-refractivity contribution is -0.0249. The Labute approximate surface area is 99.0 Å². The Morgan fingerprint density at radius 1 is 1.06 bits per heavy atom. The number of rotatable bonds is 1. The van der Waals surface area contributed by atoms with Gasteiger partial charge in [0.15, 0.2) is 0 Å². The molecule has 3 nitrogen and oxygen atoms in total. The standard InChI is InChI=1S/C13H25N3/c1-10-8-12(14)4-7-16(10)13-9-15-5-2-11(13)3-6-15/h10-13H,2-9,14H2,1H3. The van der Waals surface area contributed by atoms with Crippen LogP contribution in [0.5, 0.6) is 0 Å². The summed E-state index contributed by atoms with van der Waals surface area (Å²) in [7, 11) is 0. The zero-order valence-electron chi connectivity index (χ0n) is 10.4. The molecule has 0 saturated carbocycles. The Hall–Kier alpha value is -0.120. The fourth-order valence-electron chi connectivity index (χ4n) is 4.03. The molecule has 92 valence electrons. The van der Waals surface area contributed by atoms with E-state index in [9.17, 15) is 0 Å². The molecule has 3 unspecified atom stereocenters. The van der Waals surface area contributed by atoms with Gasteiger partial charge in [-0.25, -0.2) is 0 Å². The summed E-state index contributed by atoms with van der Waals surface area (Å²) in [4.78, 5) is 5.42. The molecule has 4 heterocycles. The molecular weight excluding hydrogens is 198 g/mol. The summed E-state index contributed by atoms with van der Waals surface area (Å²) >= 11 is 0. The largest absolute Gasteiger partial charge is 0.328 e. The molecule has 4 saturated heterocycles. The molecule has 0 aromatic heterocycles. The average molecular weight is 223 g/mol. The van der Waals surface area contributed by atoms with Crippen molar-refractivity contribution in [2.45, 2.75) is 50.7 Å². The van der Waals surface area contributed by atoms with Gasteiger partial charge in [0.25, 0.3) is 0 Å². The van der Waals surface area contributed by atoms with E-state index in [0.29, 0.717) is 12.1 Å². The zero-order chi connectivity index (χ0) is 11.1. The van der Waals surface area contributed by atoms with Gasteiger partial charge in [-0.1, -0.05) is 0 Å². The Balaban J connectivity index is 1.68. The first-order valence-corrected chi connectivity index (χ1v) is 6.97. The summed E-state index contributed by atoms with van der Waals surface area (Å²) in [5.74, 6) is 0.974. The summed E-state index contributed by atoms with van der Waals surface area (Å²) in [5, 5.41) is 0. The number of nitrogens with zero attached hydrogens (tertiary/aromatic N) is 2. The molecule has 0 spiro atoms. The molecule has 2 N–H and O–H groups in total. The number of piperidine rings is 4. The summed E-state index contributed by atoms with van der Waals surface area (Å²) < 4.78 is 0. The van der Waals surface area contributed by atoms with Crippen molar-refractivity contribution in [3.05, 3.63) is 0 Å². The third kappa shape index (κ3) is 1.89. The van der Waals surface area contributed by atoms with Gasteiger partial charge in [0, 0.05) is 31.2 Å². The average Bonchev–Trinajstić information content (AvgIpc) is 2.30. The van der Waals surface area contributed by atoms with Crippen LogP contribution in [0.4, 0.5) is 0 Å². The number of hydrogen-bond donors (Lipinski definition) is 1. The normalized spacial score (nSPS) is 49.5. The van der Waals surface area contributed by atoms with E-state index < -0.39 is 0 Å². The highest BCUT2D eigenvalue weighted by Crippen LogP contribution is 2.33. The molecule has 4 aliphatic heterocycles. The molecule has 3 heteroatoms. The van der Waals surface area contributed by atoms with E-state index in [-0.39, 0.29) is 0 Å². The van der Waals surface area contributed by atoms with Gasteiger partial charge in [-0.15, -0.1) is 0 Å². The molecule has 0 aromatic rings. The second-order valence-electron chi connectivity index (χ2n) is 6.08. The van der Waals surface area contributed by atoms with E-state index in [1.807, 2.05) is 0 Å². The Morgan fingerprint density at radius 3 is 2.38 bits per heavy atom. The summed E-state index contributed by atoms with van der Waals surface area (Å²) in [6, 6.07) is 1.99. The third-order valence-electron chi connectivity index (χ3n) is 5.02. The van der Waals surface area contributed by atoms with Crippen molar-refractivity contribution < 1.29 is 0 Å². The van der Waals surface area contributed by atoms with Crippen LogP contribution in [0, 0.1) is 5.92 Å². The van der Waals surface area contributed by atoms with Crippen molar-refractivity contribution in [2.24, 2.45) is 11.7 Å². The summed E-state index contributed by atoms with van der Waals surface area (Å²) in [5.41, 5.74) is 6.06. The quantitative estimate of drug-likeness (QED) is 0.716. The maximum atomic E-state index is 6.06. The van der Waals surface area contributed by atoms with Crippen LogP contribution < -0.4 is 5.73 Å². The molecule has 16 heavy (non-hydrogen) atoms. The van der Waals surface area contributed by atoms with Gasteiger partial charge in [-0.3, -0.25) is 4.90 Å². The first-order chi connectivity index (χ1) is 7.74. The Kier molecular flexibility index (Phi) is 2.94. The van der Waals surface area contributed by atoms with Crippen LogP contribution in [0.3, 0.4) is 0 Å². The SMILES string of the molecule is CC1CC(N)CCN1C1CN2CCC1CC2. The molecule has 2 bridgehead atoms. The van der Waals surface area contributed by atoms with Crippen molar-refractivity contribution in [1.29, 1.82) is 0 Å². The minimum absolute atomic E-state index is 0.451. The monoisotopic (exact) mass is 223 g/mol. The minimum Gasteiger partial charge on any atom is -0.328 e. The van der Waals surface area contributed by atoms with Crippen molar-refractivity contribution in [1.82, 2.24) is 9.80 Å². The summed E-state index contributed by atoms with van der Waals surface area (Å²) in [6.07, 6.45) is 5.26. The second-order valence-corrected chi connectivity index (χ2v) is 6.08. The van der Waals surface area contributed by atoms with Crippen molar-refractivity contribution in [3.63, 3.8) is 0 Å². The lowest BCUT2D eigenvalue weighted by Gasteiger charge is -2.52. The van der Waals surface area contributed by atoms with Gasteiger partial charge in [0.1, 0.15) is 0 Å². The van der Waals surface area contributed by atoms with Crippen molar-refractivity contribution in [3.8, 4) is 0 Å².